The second-order valence-corrected chi connectivity index (χ2v) is 48.6. The summed E-state index contributed by atoms with van der Waals surface area (Å²) in [4.78, 5) is 15.0. The molecule has 0 aromatic rings. The number of hydrogen-bond donors (Lipinski definition) is 0. The summed E-state index contributed by atoms with van der Waals surface area (Å²) >= 11 is 0. The van der Waals surface area contributed by atoms with Crippen LogP contribution in [0.15, 0.2) is 0 Å². The van der Waals surface area contributed by atoms with Gasteiger partial charge in [-0.15, -0.1) is 0 Å². The largest absolute Gasteiger partial charge is 0.294 e. The molecule has 20 rings (SSSR count). The molecule has 4 heteroatoms. The van der Waals surface area contributed by atoms with Gasteiger partial charge < -0.3 is 0 Å². The van der Waals surface area contributed by atoms with Gasteiger partial charge in [-0.25, -0.2) is 0 Å². The van der Waals surface area contributed by atoms with Crippen LogP contribution in [0, 0.1) is 154 Å². The van der Waals surface area contributed by atoms with Crippen LogP contribution in [0.25, 0.3) is 0 Å². The summed E-state index contributed by atoms with van der Waals surface area (Å²) in [7, 11) is 0. The van der Waals surface area contributed by atoms with Gasteiger partial charge in [0.25, 0.3) is 0 Å². The maximum Gasteiger partial charge on any atom is 0.0147 e. The lowest BCUT2D eigenvalue weighted by Crippen LogP contribution is -2.72. The van der Waals surface area contributed by atoms with Gasteiger partial charge in [-0.1, -0.05) is 156 Å². The van der Waals surface area contributed by atoms with E-state index in [0.717, 1.165) is 226 Å². The van der Waals surface area contributed by atoms with Gasteiger partial charge in [-0.2, -0.15) is 0 Å². The summed E-state index contributed by atoms with van der Waals surface area (Å²) < 4.78 is 0. The molecular weight excluding hydrogens is 1350 g/mol. The smallest absolute Gasteiger partial charge is 0.0147 e. The van der Waals surface area contributed by atoms with Crippen LogP contribution >= 0.6 is 0 Å². The zero-order chi connectivity index (χ0) is 74.9. The molecule has 20 fully saturated rings. The van der Waals surface area contributed by atoms with Gasteiger partial charge in [0, 0.05) is 72.5 Å². The van der Waals surface area contributed by atoms with Crippen molar-refractivity contribution >= 4 is 0 Å². The van der Waals surface area contributed by atoms with E-state index in [1.165, 1.54) is 103 Å². The fourth-order valence-electron chi connectivity index (χ4n) is 38.8. The van der Waals surface area contributed by atoms with Crippen molar-refractivity contribution < 1.29 is 0 Å². The first-order chi connectivity index (χ1) is 55.2. The number of fused-ring (bicyclic) bond motifs is 4. The van der Waals surface area contributed by atoms with Crippen molar-refractivity contribution in [3.63, 3.8) is 0 Å². The molecule has 0 N–H and O–H groups in total. The first-order valence-electron chi connectivity index (χ1n) is 54.3. The zero-order valence-corrected chi connectivity index (χ0v) is 74.4. The molecule has 634 valence electrons. The van der Waals surface area contributed by atoms with E-state index < -0.39 is 0 Å². The molecule has 0 aromatic heterocycles. The molecule has 20 aliphatic carbocycles. The van der Waals surface area contributed by atoms with E-state index in [-0.39, 0.29) is 0 Å². The minimum absolute atomic E-state index is 0.818. The van der Waals surface area contributed by atoms with Gasteiger partial charge in [0.15, 0.2) is 0 Å². The van der Waals surface area contributed by atoms with Crippen molar-refractivity contribution in [1.82, 2.24) is 19.6 Å². The third-order valence-corrected chi connectivity index (χ3v) is 43.8. The van der Waals surface area contributed by atoms with Crippen LogP contribution in [0.2, 0.25) is 0 Å². The monoisotopic (exact) mass is 1540 g/mol. The third kappa shape index (κ3) is 16.4. The maximum absolute atomic E-state index is 3.75. The predicted octanol–water partition coefficient (Wildman–Crippen LogP) is 28.7. The van der Waals surface area contributed by atoms with Crippen molar-refractivity contribution in [3.8, 4) is 0 Å². The normalized spacial score (nSPS) is 51.9. The minimum atomic E-state index is 0.818. The molecule has 0 saturated heterocycles. The quantitative estimate of drug-likeness (QED) is 0.153. The predicted molar refractivity (Wildman–Crippen MR) is 471 cm³/mol. The molecule has 0 heterocycles. The first-order valence-corrected chi connectivity index (χ1v) is 54.3. The topological polar surface area (TPSA) is 13.0 Å². The lowest BCUT2D eigenvalue weighted by molar-refractivity contribution is -0.197. The van der Waals surface area contributed by atoms with Gasteiger partial charge in [-0.05, 0) is 449 Å². The zero-order valence-electron chi connectivity index (χ0n) is 74.4. The molecule has 112 heavy (non-hydrogen) atoms. The molecule has 0 amide bonds. The molecule has 0 bridgehead atoms. The standard InChI is InChI=1S/C108H182N4/c1-71-33-49-83(50-34-71)109(87-57-41-79(42-58-87)95-29-13-21-75-17-5-9-25-91(75)95)103-69-104(110(84-51-35-72(2)36-52-84)88-59-43-80(44-60-88)96-30-14-22-76-18-6-10-26-92(76)96)100-67-68-102-106(112(86-55-39-74(4)40-56-86)90-63-47-82(48-64-90)98-32-16-24-78-20-8-12-28-94(78)98)70-105(101-66-65-99(103)107(100)108(101)102)111(85-53-37-73(3)38-54-85)89-61-45-81(46-62-89)97-31-15-23-77-19-7-11-27-93(77)97/h71-108H,5-70H2,1-4H3. The highest BCUT2D eigenvalue weighted by Gasteiger charge is 2.65. The average Bonchev–Trinajstić information content (AvgIpc) is 0.699. The first kappa shape index (κ1) is 80.3. The Morgan fingerprint density at radius 2 is 0.286 bits per heavy atom. The van der Waals surface area contributed by atoms with Crippen LogP contribution in [0.5, 0.6) is 0 Å². The van der Waals surface area contributed by atoms with E-state index in [4.69, 9.17) is 0 Å². The average molecular weight is 1540 g/mol. The summed E-state index contributed by atoms with van der Waals surface area (Å²) in [5.41, 5.74) is 0. The van der Waals surface area contributed by atoms with E-state index >= 15 is 0 Å². The van der Waals surface area contributed by atoms with Gasteiger partial charge in [0.1, 0.15) is 0 Å². The fraction of sp³-hybridized carbons (Fsp3) is 1.00. The van der Waals surface area contributed by atoms with Crippen molar-refractivity contribution in [3.05, 3.63) is 0 Å². The third-order valence-electron chi connectivity index (χ3n) is 43.8. The van der Waals surface area contributed by atoms with Crippen LogP contribution in [0.4, 0.5) is 0 Å². The molecule has 0 aliphatic heterocycles. The Morgan fingerprint density at radius 1 is 0.134 bits per heavy atom. The van der Waals surface area contributed by atoms with E-state index in [9.17, 15) is 0 Å². The Bertz CT molecular complexity index is 2490. The summed E-state index contributed by atoms with van der Waals surface area (Å²) in [6, 6.07) is 10.0. The highest BCUT2D eigenvalue weighted by molar-refractivity contribution is 5.18. The van der Waals surface area contributed by atoms with Gasteiger partial charge in [-0.3, -0.25) is 19.6 Å². The second-order valence-electron chi connectivity index (χ2n) is 48.6. The molecule has 20 aliphatic rings. The van der Waals surface area contributed by atoms with E-state index in [1.807, 2.05) is 0 Å². The molecular formula is C108H182N4. The minimum Gasteiger partial charge on any atom is -0.294 e. The molecule has 4 nitrogen and oxygen atoms in total. The molecule has 0 aromatic carbocycles. The molecule has 20 saturated carbocycles. The van der Waals surface area contributed by atoms with Crippen LogP contribution in [-0.4, -0.2) is 92.1 Å². The maximum atomic E-state index is 3.75. The lowest BCUT2D eigenvalue weighted by Gasteiger charge is -2.69. The highest BCUT2D eigenvalue weighted by Crippen LogP contribution is 2.67. The lowest BCUT2D eigenvalue weighted by atomic mass is 9.44. The Balaban J connectivity index is 0.693. The molecule has 0 radical (unpaired) electrons. The van der Waals surface area contributed by atoms with Crippen LogP contribution < -0.4 is 0 Å². The molecule has 0 spiro atoms. The highest BCUT2D eigenvalue weighted by atomic mass is 15.3. The van der Waals surface area contributed by atoms with Crippen molar-refractivity contribution in [1.29, 1.82) is 0 Å². The summed E-state index contributed by atoms with van der Waals surface area (Å²) in [6.45, 7) is 10.8. The summed E-state index contributed by atoms with van der Waals surface area (Å²) in [5.74, 6) is 26.4. The number of hydrogen-bond acceptors (Lipinski definition) is 4. The van der Waals surface area contributed by atoms with Crippen LogP contribution in [0.1, 0.15) is 451 Å². The Labute approximate surface area is 693 Å². The summed E-state index contributed by atoms with van der Waals surface area (Å²) in [6.07, 6.45) is 103. The van der Waals surface area contributed by atoms with E-state index in [1.54, 1.807) is 321 Å². The van der Waals surface area contributed by atoms with Crippen molar-refractivity contribution in [2.24, 2.45) is 154 Å². The molecule has 20 atom stereocenters. The van der Waals surface area contributed by atoms with Crippen molar-refractivity contribution in [2.45, 2.75) is 524 Å². The fourth-order valence-corrected chi connectivity index (χ4v) is 38.8. The van der Waals surface area contributed by atoms with Crippen molar-refractivity contribution in [2.75, 3.05) is 0 Å². The van der Waals surface area contributed by atoms with Crippen LogP contribution in [0.3, 0.4) is 0 Å². The van der Waals surface area contributed by atoms with E-state index in [0.29, 0.717) is 0 Å². The van der Waals surface area contributed by atoms with E-state index in [2.05, 4.69) is 47.3 Å². The Morgan fingerprint density at radius 3 is 0.482 bits per heavy atom. The molecule has 20 unspecified atom stereocenters. The van der Waals surface area contributed by atoms with Gasteiger partial charge in [0.05, 0.1) is 0 Å². The Kier molecular flexibility index (Phi) is 26.0. The Hall–Kier alpha value is -0.160. The number of nitrogens with zero attached hydrogens (tertiary/aromatic N) is 4. The van der Waals surface area contributed by atoms with Gasteiger partial charge >= 0.3 is 0 Å². The number of rotatable bonds is 16. The van der Waals surface area contributed by atoms with Gasteiger partial charge in [0.2, 0.25) is 0 Å². The van der Waals surface area contributed by atoms with Crippen LogP contribution in [-0.2, 0) is 0 Å². The second kappa shape index (κ2) is 36.3. The summed E-state index contributed by atoms with van der Waals surface area (Å²) in [5, 5.41) is 0. The SMILES string of the molecule is CC1CCC(N(C2CCC(C3CCCC4CCCCC43)CC2)C2CC(N(C3CCC(C)CC3)C3CCC(C4CCCC5CCCCC54)CC3)C3CCC4C5C(CCC2C35)C(N(C2CCC(C)CC2)C2CCC(C3CCCC5CCCCC53)CC2)CC4N(C2CCC(C)CC2)C2CCC(C3CCCC4CCCCC43)CC2)CC1.